The molecule has 5 atom stereocenters. The average Bonchev–Trinajstić information content (AvgIpc) is 2.47. The molecule has 5 unspecified atom stereocenters. The SMILES string of the molecule is CCCCCCCCNC(C)CC1OCC(O)C(O)C1O. The first-order valence-corrected chi connectivity index (χ1v) is 8.45. The molecule has 0 aromatic carbocycles. The zero-order valence-electron chi connectivity index (χ0n) is 13.5. The highest BCUT2D eigenvalue weighted by Crippen LogP contribution is 2.19. The Morgan fingerprint density at radius 2 is 1.71 bits per heavy atom. The largest absolute Gasteiger partial charge is 0.388 e. The monoisotopic (exact) mass is 303 g/mol. The van der Waals surface area contributed by atoms with Gasteiger partial charge in [-0.1, -0.05) is 39.0 Å². The molecule has 0 aromatic heterocycles. The lowest BCUT2D eigenvalue weighted by Gasteiger charge is -2.36. The van der Waals surface area contributed by atoms with Crippen molar-refractivity contribution in [2.45, 2.75) is 89.3 Å². The zero-order valence-corrected chi connectivity index (χ0v) is 13.5. The van der Waals surface area contributed by atoms with Gasteiger partial charge in [-0.3, -0.25) is 0 Å². The molecule has 1 saturated heterocycles. The second-order valence-electron chi connectivity index (χ2n) is 6.28. The quantitative estimate of drug-likeness (QED) is 0.456. The minimum atomic E-state index is -1.10. The molecule has 1 fully saturated rings. The summed E-state index contributed by atoms with van der Waals surface area (Å²) in [4.78, 5) is 0. The lowest BCUT2D eigenvalue weighted by Crippen LogP contribution is -2.54. The summed E-state index contributed by atoms with van der Waals surface area (Å²) in [7, 11) is 0. The zero-order chi connectivity index (χ0) is 15.7. The van der Waals surface area contributed by atoms with E-state index in [0.717, 1.165) is 6.54 Å². The van der Waals surface area contributed by atoms with Gasteiger partial charge in [-0.05, 0) is 26.3 Å². The molecular formula is C16H33NO4. The first-order valence-electron chi connectivity index (χ1n) is 8.45. The summed E-state index contributed by atoms with van der Waals surface area (Å²) in [6.45, 7) is 5.35. The van der Waals surface area contributed by atoms with Crippen molar-refractivity contribution >= 4 is 0 Å². The maximum absolute atomic E-state index is 9.89. The second kappa shape index (κ2) is 10.5. The lowest BCUT2D eigenvalue weighted by molar-refractivity contribution is -0.189. The molecule has 4 N–H and O–H groups in total. The molecule has 1 aliphatic rings. The number of rotatable bonds is 10. The van der Waals surface area contributed by atoms with Gasteiger partial charge in [-0.15, -0.1) is 0 Å². The van der Waals surface area contributed by atoms with Crippen molar-refractivity contribution in [1.82, 2.24) is 5.32 Å². The predicted molar refractivity (Wildman–Crippen MR) is 83.2 cm³/mol. The molecule has 0 aromatic rings. The van der Waals surface area contributed by atoms with Crippen molar-refractivity contribution in [2.75, 3.05) is 13.2 Å². The Balaban J connectivity index is 2.09. The van der Waals surface area contributed by atoms with Gasteiger partial charge in [0.15, 0.2) is 0 Å². The van der Waals surface area contributed by atoms with Gasteiger partial charge >= 0.3 is 0 Å². The van der Waals surface area contributed by atoms with Crippen LogP contribution in [0, 0.1) is 0 Å². The smallest absolute Gasteiger partial charge is 0.111 e. The first kappa shape index (κ1) is 18.8. The van der Waals surface area contributed by atoms with E-state index in [1.165, 1.54) is 38.5 Å². The van der Waals surface area contributed by atoms with Crippen LogP contribution >= 0.6 is 0 Å². The molecule has 0 bridgehead atoms. The molecule has 0 amide bonds. The van der Waals surface area contributed by atoms with Crippen molar-refractivity contribution in [3.63, 3.8) is 0 Å². The van der Waals surface area contributed by atoms with Crippen LogP contribution in [-0.2, 0) is 4.74 Å². The summed E-state index contributed by atoms with van der Waals surface area (Å²) in [5.41, 5.74) is 0. The fraction of sp³-hybridized carbons (Fsp3) is 1.00. The Hall–Kier alpha value is -0.200. The van der Waals surface area contributed by atoms with Crippen LogP contribution in [0.15, 0.2) is 0 Å². The molecule has 0 radical (unpaired) electrons. The minimum Gasteiger partial charge on any atom is -0.388 e. The molecule has 1 aliphatic heterocycles. The summed E-state index contributed by atoms with van der Waals surface area (Å²) in [6.07, 6.45) is 4.80. The van der Waals surface area contributed by atoms with Gasteiger partial charge < -0.3 is 25.4 Å². The fourth-order valence-electron chi connectivity index (χ4n) is 2.76. The Kier molecular flexibility index (Phi) is 9.44. The van der Waals surface area contributed by atoms with E-state index in [4.69, 9.17) is 4.74 Å². The average molecular weight is 303 g/mol. The van der Waals surface area contributed by atoms with E-state index >= 15 is 0 Å². The summed E-state index contributed by atoms with van der Waals surface area (Å²) in [5, 5.41) is 32.4. The van der Waals surface area contributed by atoms with Crippen molar-refractivity contribution in [3.8, 4) is 0 Å². The summed E-state index contributed by atoms with van der Waals surface area (Å²) in [5.74, 6) is 0. The molecule has 1 heterocycles. The van der Waals surface area contributed by atoms with E-state index in [1.807, 2.05) is 0 Å². The Morgan fingerprint density at radius 3 is 2.43 bits per heavy atom. The van der Waals surface area contributed by atoms with Gasteiger partial charge in [-0.2, -0.15) is 0 Å². The molecule has 0 spiro atoms. The van der Waals surface area contributed by atoms with Gasteiger partial charge in [0.2, 0.25) is 0 Å². The molecule has 21 heavy (non-hydrogen) atoms. The van der Waals surface area contributed by atoms with Gasteiger partial charge in [0, 0.05) is 6.04 Å². The Bertz CT molecular complexity index is 265. The standard InChI is InChI=1S/C16H33NO4/c1-3-4-5-6-7-8-9-17-12(2)10-14-16(20)15(19)13(18)11-21-14/h12-20H,3-11H2,1-2H3. The molecule has 126 valence electrons. The second-order valence-corrected chi connectivity index (χ2v) is 6.28. The minimum absolute atomic E-state index is 0.0903. The third-order valence-electron chi connectivity index (χ3n) is 4.22. The van der Waals surface area contributed by atoms with E-state index in [9.17, 15) is 15.3 Å². The highest BCUT2D eigenvalue weighted by Gasteiger charge is 2.37. The number of aliphatic hydroxyl groups excluding tert-OH is 3. The van der Waals surface area contributed by atoms with E-state index < -0.39 is 24.4 Å². The first-order chi connectivity index (χ1) is 10.1. The van der Waals surface area contributed by atoms with E-state index in [0.29, 0.717) is 6.42 Å². The topological polar surface area (TPSA) is 82.0 Å². The predicted octanol–water partition coefficient (Wildman–Crippen LogP) is 1.20. The Labute approximate surface area is 128 Å². The van der Waals surface area contributed by atoms with E-state index in [2.05, 4.69) is 19.2 Å². The molecule has 0 aliphatic carbocycles. The number of nitrogens with one attached hydrogen (secondary N) is 1. The molecule has 1 rings (SSSR count). The van der Waals surface area contributed by atoms with Crippen LogP contribution < -0.4 is 5.32 Å². The van der Waals surface area contributed by atoms with Crippen LogP contribution in [0.1, 0.15) is 58.8 Å². The van der Waals surface area contributed by atoms with Crippen LogP contribution in [-0.4, -0.2) is 58.9 Å². The molecule has 5 heteroatoms. The third kappa shape index (κ3) is 7.06. The third-order valence-corrected chi connectivity index (χ3v) is 4.22. The van der Waals surface area contributed by atoms with Gasteiger partial charge in [-0.25, -0.2) is 0 Å². The van der Waals surface area contributed by atoms with Crippen LogP contribution in [0.25, 0.3) is 0 Å². The van der Waals surface area contributed by atoms with Crippen LogP contribution in [0.4, 0.5) is 0 Å². The van der Waals surface area contributed by atoms with Crippen LogP contribution in [0.2, 0.25) is 0 Å². The maximum Gasteiger partial charge on any atom is 0.111 e. The van der Waals surface area contributed by atoms with Crippen molar-refractivity contribution in [1.29, 1.82) is 0 Å². The fourth-order valence-corrected chi connectivity index (χ4v) is 2.76. The van der Waals surface area contributed by atoms with E-state index in [1.54, 1.807) is 0 Å². The maximum atomic E-state index is 9.89. The molecular weight excluding hydrogens is 270 g/mol. The number of unbranched alkanes of at least 4 members (excludes halogenated alkanes) is 5. The normalized spacial score (nSPS) is 31.3. The van der Waals surface area contributed by atoms with Gasteiger partial charge in [0.1, 0.15) is 18.3 Å². The van der Waals surface area contributed by atoms with Gasteiger partial charge in [0.05, 0.1) is 12.7 Å². The van der Waals surface area contributed by atoms with E-state index in [-0.39, 0.29) is 12.6 Å². The van der Waals surface area contributed by atoms with Crippen molar-refractivity contribution in [3.05, 3.63) is 0 Å². The Morgan fingerprint density at radius 1 is 1.05 bits per heavy atom. The number of hydrogen-bond acceptors (Lipinski definition) is 5. The number of aliphatic hydroxyl groups is 3. The van der Waals surface area contributed by atoms with Crippen LogP contribution in [0.3, 0.4) is 0 Å². The summed E-state index contributed by atoms with van der Waals surface area (Å²) < 4.78 is 5.42. The molecule has 0 saturated carbocycles. The highest BCUT2D eigenvalue weighted by atomic mass is 16.5. The number of hydrogen-bond donors (Lipinski definition) is 4. The summed E-state index contributed by atoms with van der Waals surface area (Å²) >= 11 is 0. The number of ether oxygens (including phenoxy) is 1. The van der Waals surface area contributed by atoms with Gasteiger partial charge in [0.25, 0.3) is 0 Å². The van der Waals surface area contributed by atoms with Crippen molar-refractivity contribution < 1.29 is 20.1 Å². The van der Waals surface area contributed by atoms with Crippen molar-refractivity contribution in [2.24, 2.45) is 0 Å². The molecule has 5 nitrogen and oxygen atoms in total. The summed E-state index contributed by atoms with van der Waals surface area (Å²) in [6, 6.07) is 0.225. The lowest BCUT2D eigenvalue weighted by atomic mass is 9.95. The highest BCUT2D eigenvalue weighted by molar-refractivity contribution is 4.88. The van der Waals surface area contributed by atoms with Crippen LogP contribution in [0.5, 0.6) is 0 Å².